The molecular weight excluding hydrogens is 273 g/mol. The second kappa shape index (κ2) is 5.55. The summed E-state index contributed by atoms with van der Waals surface area (Å²) in [5.41, 5.74) is 1.07. The van der Waals surface area contributed by atoms with Crippen LogP contribution in [0.1, 0.15) is 11.1 Å². The molecule has 2 aromatic rings. The van der Waals surface area contributed by atoms with Crippen LogP contribution in [0.5, 0.6) is 0 Å². The first-order valence-electron chi connectivity index (χ1n) is 5.47. The highest BCUT2D eigenvalue weighted by Gasteiger charge is 2.32. The van der Waals surface area contributed by atoms with Crippen LogP contribution in [0, 0.1) is 0 Å². The Morgan fingerprint density at radius 2 is 2.00 bits per heavy atom. The lowest BCUT2D eigenvalue weighted by molar-refractivity contribution is -0.137. The number of hydrazone groups is 1. The molecule has 0 amide bonds. The lowest BCUT2D eigenvalue weighted by Gasteiger charge is -2.09. The Morgan fingerprint density at radius 1 is 1.25 bits per heavy atom. The van der Waals surface area contributed by atoms with Crippen LogP contribution in [0.15, 0.2) is 46.4 Å². The molecule has 2 rings (SSSR count). The van der Waals surface area contributed by atoms with Crippen LogP contribution in [-0.2, 0) is 6.18 Å². The van der Waals surface area contributed by atoms with Crippen LogP contribution in [0.25, 0.3) is 0 Å². The van der Waals surface area contributed by atoms with Gasteiger partial charge in [-0.2, -0.15) is 18.3 Å². The Morgan fingerprint density at radius 3 is 2.70 bits per heavy atom. The third-order valence-electron chi connectivity index (χ3n) is 2.31. The topological polar surface area (TPSA) is 70.1 Å². The third-order valence-corrected chi connectivity index (χ3v) is 2.31. The number of alkyl halides is 3. The summed E-state index contributed by atoms with van der Waals surface area (Å²) in [6, 6.07) is 6.22. The zero-order valence-corrected chi connectivity index (χ0v) is 9.98. The predicted octanol–water partition coefficient (Wildman–Crippen LogP) is 2.23. The first-order valence-corrected chi connectivity index (χ1v) is 5.47. The van der Waals surface area contributed by atoms with Crippen molar-refractivity contribution in [2.75, 3.05) is 5.43 Å². The van der Waals surface area contributed by atoms with Crippen molar-refractivity contribution in [3.63, 3.8) is 0 Å². The Labute approximate surface area is 111 Å². The molecule has 0 radical (unpaired) electrons. The van der Waals surface area contributed by atoms with Crippen molar-refractivity contribution in [3.05, 3.63) is 58.0 Å². The van der Waals surface area contributed by atoms with Crippen LogP contribution >= 0.6 is 0 Å². The highest BCUT2D eigenvalue weighted by Crippen LogP contribution is 2.30. The van der Waals surface area contributed by atoms with Crippen molar-refractivity contribution in [2.45, 2.75) is 6.18 Å². The SMILES string of the molecule is O=c1ccnc(NN=Cc2ccccc2C(F)(F)F)[nH]1. The minimum atomic E-state index is -4.46. The van der Waals surface area contributed by atoms with E-state index in [1.807, 2.05) is 0 Å². The normalized spacial score (nSPS) is 11.8. The van der Waals surface area contributed by atoms with Gasteiger partial charge in [-0.05, 0) is 6.07 Å². The molecule has 1 aromatic carbocycles. The maximum atomic E-state index is 12.7. The van der Waals surface area contributed by atoms with E-state index in [-0.39, 0.29) is 11.5 Å². The molecule has 0 bridgehead atoms. The number of H-pyrrole nitrogens is 1. The number of benzene rings is 1. The molecule has 0 aliphatic carbocycles. The van der Waals surface area contributed by atoms with E-state index in [1.165, 1.54) is 30.5 Å². The molecule has 5 nitrogen and oxygen atoms in total. The van der Waals surface area contributed by atoms with E-state index in [0.717, 1.165) is 12.3 Å². The number of nitrogens with one attached hydrogen (secondary N) is 2. The van der Waals surface area contributed by atoms with Crippen LogP contribution in [0.3, 0.4) is 0 Å². The van der Waals surface area contributed by atoms with Gasteiger partial charge in [0.15, 0.2) is 0 Å². The average Bonchev–Trinajstić information content (AvgIpc) is 2.38. The highest BCUT2D eigenvalue weighted by molar-refractivity contribution is 5.82. The monoisotopic (exact) mass is 282 g/mol. The van der Waals surface area contributed by atoms with Gasteiger partial charge >= 0.3 is 6.18 Å². The minimum Gasteiger partial charge on any atom is -0.291 e. The van der Waals surface area contributed by atoms with Crippen molar-refractivity contribution < 1.29 is 13.2 Å². The quantitative estimate of drug-likeness (QED) is 0.670. The number of rotatable bonds is 3. The highest BCUT2D eigenvalue weighted by atomic mass is 19.4. The van der Waals surface area contributed by atoms with E-state index < -0.39 is 17.3 Å². The number of aromatic amines is 1. The molecular formula is C12H9F3N4O. The summed E-state index contributed by atoms with van der Waals surface area (Å²) in [5, 5.41) is 3.62. The number of hydrogen-bond donors (Lipinski definition) is 2. The molecule has 0 fully saturated rings. The van der Waals surface area contributed by atoms with Gasteiger partial charge in [0.1, 0.15) is 0 Å². The summed E-state index contributed by atoms with van der Waals surface area (Å²) in [4.78, 5) is 17.0. The van der Waals surface area contributed by atoms with Crippen LogP contribution < -0.4 is 11.0 Å². The fourth-order valence-electron chi connectivity index (χ4n) is 1.46. The summed E-state index contributed by atoms with van der Waals surface area (Å²) in [6.45, 7) is 0. The fourth-order valence-corrected chi connectivity index (χ4v) is 1.46. The number of halogens is 3. The van der Waals surface area contributed by atoms with E-state index in [2.05, 4.69) is 20.5 Å². The van der Waals surface area contributed by atoms with Crippen LogP contribution in [0.2, 0.25) is 0 Å². The Hall–Kier alpha value is -2.64. The molecule has 20 heavy (non-hydrogen) atoms. The minimum absolute atomic E-state index is 0.0400. The molecule has 104 valence electrons. The van der Waals surface area contributed by atoms with E-state index in [1.54, 1.807) is 0 Å². The van der Waals surface area contributed by atoms with Crippen molar-refractivity contribution in [2.24, 2.45) is 5.10 Å². The maximum absolute atomic E-state index is 12.7. The van der Waals surface area contributed by atoms with Crippen molar-refractivity contribution >= 4 is 12.2 Å². The molecule has 0 unspecified atom stereocenters. The summed E-state index contributed by atoms with van der Waals surface area (Å²) in [5.74, 6) is 0.0400. The largest absolute Gasteiger partial charge is 0.417 e. The summed E-state index contributed by atoms with van der Waals surface area (Å²) in [6.07, 6.45) is -2.20. The molecule has 1 heterocycles. The van der Waals surface area contributed by atoms with Gasteiger partial charge in [0.25, 0.3) is 5.56 Å². The predicted molar refractivity (Wildman–Crippen MR) is 67.5 cm³/mol. The second-order valence-corrected chi connectivity index (χ2v) is 3.74. The lowest BCUT2D eigenvalue weighted by Crippen LogP contribution is -2.10. The number of nitrogens with zero attached hydrogens (tertiary/aromatic N) is 2. The number of aromatic nitrogens is 2. The van der Waals surface area contributed by atoms with Crippen LogP contribution in [0.4, 0.5) is 19.1 Å². The summed E-state index contributed by atoms with van der Waals surface area (Å²) < 4.78 is 38.1. The van der Waals surface area contributed by atoms with Crippen molar-refractivity contribution in [1.82, 2.24) is 9.97 Å². The molecule has 2 N–H and O–H groups in total. The number of anilines is 1. The Bertz CT molecular complexity index is 679. The van der Waals surface area contributed by atoms with Crippen molar-refractivity contribution in [3.8, 4) is 0 Å². The van der Waals surface area contributed by atoms with Gasteiger partial charge < -0.3 is 0 Å². The number of hydrogen-bond acceptors (Lipinski definition) is 4. The van der Waals surface area contributed by atoms with Gasteiger partial charge in [-0.25, -0.2) is 10.4 Å². The fraction of sp³-hybridized carbons (Fsp3) is 0.0833. The van der Waals surface area contributed by atoms with Gasteiger partial charge in [0, 0.05) is 17.8 Å². The van der Waals surface area contributed by atoms with Gasteiger partial charge in [0.05, 0.1) is 11.8 Å². The van der Waals surface area contributed by atoms with Gasteiger partial charge in [0.2, 0.25) is 5.95 Å². The zero-order valence-electron chi connectivity index (χ0n) is 9.98. The van der Waals surface area contributed by atoms with Crippen molar-refractivity contribution in [1.29, 1.82) is 0 Å². The van der Waals surface area contributed by atoms with E-state index in [4.69, 9.17) is 0 Å². The standard InChI is InChI=1S/C12H9F3N4O/c13-12(14,15)9-4-2-1-3-8(9)7-17-19-11-16-6-5-10(20)18-11/h1-7H,(H2,16,18,19,20). The van der Waals surface area contributed by atoms with Gasteiger partial charge in [-0.15, -0.1) is 0 Å². The summed E-state index contributed by atoms with van der Waals surface area (Å²) >= 11 is 0. The first-order chi connectivity index (χ1) is 9.47. The molecule has 0 saturated carbocycles. The van der Waals surface area contributed by atoms with E-state index in [0.29, 0.717) is 0 Å². The molecule has 8 heteroatoms. The van der Waals surface area contributed by atoms with Gasteiger partial charge in [-0.3, -0.25) is 9.78 Å². The molecule has 0 atom stereocenters. The average molecular weight is 282 g/mol. The molecule has 0 aliphatic heterocycles. The molecule has 0 saturated heterocycles. The summed E-state index contributed by atoms with van der Waals surface area (Å²) in [7, 11) is 0. The van der Waals surface area contributed by atoms with Gasteiger partial charge in [-0.1, -0.05) is 18.2 Å². The smallest absolute Gasteiger partial charge is 0.291 e. The molecule has 0 aliphatic rings. The Balaban J connectivity index is 2.18. The lowest BCUT2D eigenvalue weighted by atomic mass is 10.1. The second-order valence-electron chi connectivity index (χ2n) is 3.74. The van der Waals surface area contributed by atoms with Crippen LogP contribution in [-0.4, -0.2) is 16.2 Å². The molecule has 1 aromatic heterocycles. The maximum Gasteiger partial charge on any atom is 0.417 e. The Kier molecular flexibility index (Phi) is 3.83. The molecule has 0 spiro atoms. The zero-order chi connectivity index (χ0) is 14.6. The first kappa shape index (κ1) is 13.8. The third kappa shape index (κ3) is 3.44. The van der Waals surface area contributed by atoms with E-state index in [9.17, 15) is 18.0 Å². The van der Waals surface area contributed by atoms with E-state index >= 15 is 0 Å².